The molecule has 1 aromatic rings. The second kappa shape index (κ2) is 9.91. The number of rotatable bonds is 7. The van der Waals surface area contributed by atoms with E-state index in [0.29, 0.717) is 28.6 Å². The lowest BCUT2D eigenvalue weighted by Crippen LogP contribution is -2.53. The summed E-state index contributed by atoms with van der Waals surface area (Å²) in [5.74, 6) is 0.0800. The van der Waals surface area contributed by atoms with E-state index in [1.165, 1.54) is 23.5 Å². The summed E-state index contributed by atoms with van der Waals surface area (Å²) in [4.78, 5) is 24.4. The molecule has 0 aliphatic carbocycles. The SMILES string of the molecule is CSCC(=O)N[C@H]1Cc2ccc(SCC3CCNCC3)c(C(=O)O)c2OB1O. The Hall–Kier alpha value is -1.36. The molecule has 1 aromatic carbocycles. The number of hydrogen-bond donors (Lipinski definition) is 4. The van der Waals surface area contributed by atoms with Gasteiger partial charge in [0.15, 0.2) is 0 Å². The fraction of sp³-hybridized carbons (Fsp3) is 0.556. The Bertz CT molecular complexity index is 730. The molecule has 3 rings (SSSR count). The van der Waals surface area contributed by atoms with Gasteiger partial charge in [-0.05, 0) is 56.2 Å². The summed E-state index contributed by atoms with van der Waals surface area (Å²) in [7, 11) is -1.28. The van der Waals surface area contributed by atoms with Gasteiger partial charge < -0.3 is 25.4 Å². The van der Waals surface area contributed by atoms with Gasteiger partial charge in [0.05, 0.1) is 11.7 Å². The summed E-state index contributed by atoms with van der Waals surface area (Å²) in [5, 5.41) is 26.2. The van der Waals surface area contributed by atoms with E-state index in [0.717, 1.165) is 31.7 Å². The molecular weight excluding hydrogens is 399 g/mol. The molecule has 0 aromatic heterocycles. The van der Waals surface area contributed by atoms with E-state index < -0.39 is 19.0 Å². The lowest BCUT2D eigenvalue weighted by molar-refractivity contribution is -0.118. The second-order valence-corrected chi connectivity index (χ2v) is 8.98. The summed E-state index contributed by atoms with van der Waals surface area (Å²) >= 11 is 2.92. The van der Waals surface area contributed by atoms with Gasteiger partial charge in [-0.3, -0.25) is 4.79 Å². The van der Waals surface area contributed by atoms with Crippen molar-refractivity contribution in [1.29, 1.82) is 0 Å². The maximum Gasteiger partial charge on any atom is 0.547 e. The van der Waals surface area contributed by atoms with E-state index in [1.807, 2.05) is 18.4 Å². The zero-order valence-corrected chi connectivity index (χ0v) is 17.4. The molecule has 7 nitrogen and oxygen atoms in total. The molecule has 2 aliphatic heterocycles. The largest absolute Gasteiger partial charge is 0.547 e. The van der Waals surface area contributed by atoms with Crippen molar-refractivity contribution in [3.63, 3.8) is 0 Å². The normalized spacial score (nSPS) is 19.6. The third-order valence-corrected chi connectivity index (χ3v) is 6.83. The highest BCUT2D eigenvalue weighted by Gasteiger charge is 2.38. The Morgan fingerprint density at radius 1 is 1.36 bits per heavy atom. The first-order chi connectivity index (χ1) is 13.5. The fourth-order valence-corrected chi connectivity index (χ4v) is 5.11. The average Bonchev–Trinajstić information content (AvgIpc) is 2.67. The molecule has 1 saturated heterocycles. The third kappa shape index (κ3) is 5.17. The molecule has 2 aliphatic rings. The second-order valence-electron chi connectivity index (χ2n) is 7.06. The summed E-state index contributed by atoms with van der Waals surface area (Å²) in [6.07, 6.45) is 4.33. The Morgan fingerprint density at radius 2 is 2.11 bits per heavy atom. The van der Waals surface area contributed by atoms with Crippen LogP contribution in [0.15, 0.2) is 17.0 Å². The van der Waals surface area contributed by atoms with Crippen LogP contribution in [0.2, 0.25) is 0 Å². The van der Waals surface area contributed by atoms with Crippen molar-refractivity contribution in [2.45, 2.75) is 30.1 Å². The molecule has 10 heteroatoms. The number of benzene rings is 1. The maximum atomic E-state index is 11.9. The van der Waals surface area contributed by atoms with E-state index in [4.69, 9.17) is 4.65 Å². The number of amides is 1. The van der Waals surface area contributed by atoms with Crippen LogP contribution in [0.5, 0.6) is 5.75 Å². The highest BCUT2D eigenvalue weighted by atomic mass is 32.2. The van der Waals surface area contributed by atoms with Crippen molar-refractivity contribution in [1.82, 2.24) is 10.6 Å². The Labute approximate surface area is 173 Å². The van der Waals surface area contributed by atoms with Crippen molar-refractivity contribution in [2.75, 3.05) is 30.9 Å². The first-order valence-electron chi connectivity index (χ1n) is 9.35. The standard InChI is InChI=1S/C18H25BN2O5S2/c1-27-10-15(22)21-14-8-12-2-3-13(28-9-11-4-6-20-7-5-11)16(18(23)24)17(12)26-19(14)25/h2-3,11,14,20,25H,4-10H2,1H3,(H,21,22)(H,23,24)/t14-/m0/s1. The van der Waals surface area contributed by atoms with Crippen LogP contribution in [0, 0.1) is 5.92 Å². The number of thioether (sulfide) groups is 2. The maximum absolute atomic E-state index is 11.9. The molecular formula is C18H25BN2O5S2. The van der Waals surface area contributed by atoms with Gasteiger partial charge in [-0.2, -0.15) is 11.8 Å². The summed E-state index contributed by atoms with van der Waals surface area (Å²) in [6.45, 7) is 2.00. The van der Waals surface area contributed by atoms with Crippen LogP contribution < -0.4 is 15.3 Å². The molecule has 1 fully saturated rings. The summed E-state index contributed by atoms with van der Waals surface area (Å²) in [5.41, 5.74) is 0.785. The molecule has 0 radical (unpaired) electrons. The molecule has 1 amide bonds. The third-order valence-electron chi connectivity index (χ3n) is 4.99. The Morgan fingerprint density at radius 3 is 2.79 bits per heavy atom. The molecule has 1 atom stereocenters. The van der Waals surface area contributed by atoms with Crippen molar-refractivity contribution in [2.24, 2.45) is 5.92 Å². The lowest BCUT2D eigenvalue weighted by atomic mass is 9.72. The van der Waals surface area contributed by atoms with Crippen molar-refractivity contribution >= 4 is 42.5 Å². The van der Waals surface area contributed by atoms with Crippen LogP contribution in [0.3, 0.4) is 0 Å². The van der Waals surface area contributed by atoms with Crippen molar-refractivity contribution in [3.8, 4) is 5.75 Å². The fourth-order valence-electron chi connectivity index (χ4n) is 3.52. The smallest absolute Gasteiger partial charge is 0.534 e. The quantitative estimate of drug-likeness (QED) is 0.383. The molecule has 4 N–H and O–H groups in total. The van der Waals surface area contributed by atoms with Gasteiger partial charge in [0.1, 0.15) is 11.3 Å². The number of piperidine rings is 1. The van der Waals surface area contributed by atoms with E-state index in [9.17, 15) is 19.7 Å². The average molecular weight is 424 g/mol. The molecule has 0 spiro atoms. The first-order valence-corrected chi connectivity index (χ1v) is 11.7. The number of fused-ring (bicyclic) bond motifs is 1. The number of carboxylic acid groups (broad SMARTS) is 1. The van der Waals surface area contributed by atoms with Gasteiger partial charge in [0.25, 0.3) is 0 Å². The van der Waals surface area contributed by atoms with Gasteiger partial charge in [-0.1, -0.05) is 6.07 Å². The van der Waals surface area contributed by atoms with Gasteiger partial charge in [0.2, 0.25) is 5.91 Å². The van der Waals surface area contributed by atoms with Gasteiger partial charge >= 0.3 is 13.1 Å². The number of nitrogens with one attached hydrogen (secondary N) is 2. The van der Waals surface area contributed by atoms with Crippen LogP contribution in [0.25, 0.3) is 0 Å². The van der Waals surface area contributed by atoms with Crippen LogP contribution in [-0.4, -0.2) is 65.9 Å². The van der Waals surface area contributed by atoms with E-state index in [1.54, 1.807) is 0 Å². The highest BCUT2D eigenvalue weighted by Crippen LogP contribution is 2.38. The van der Waals surface area contributed by atoms with Gasteiger partial charge in [-0.25, -0.2) is 4.79 Å². The van der Waals surface area contributed by atoms with Crippen molar-refractivity contribution in [3.05, 3.63) is 23.3 Å². The zero-order valence-electron chi connectivity index (χ0n) is 15.8. The number of carbonyl (C=O) groups is 2. The Balaban J connectivity index is 1.76. The van der Waals surface area contributed by atoms with E-state index >= 15 is 0 Å². The van der Waals surface area contributed by atoms with Gasteiger partial charge in [0, 0.05) is 10.6 Å². The molecule has 28 heavy (non-hydrogen) atoms. The van der Waals surface area contributed by atoms with E-state index in [2.05, 4.69) is 10.6 Å². The molecule has 0 saturated carbocycles. The van der Waals surface area contributed by atoms with Crippen LogP contribution in [0.1, 0.15) is 28.8 Å². The molecule has 0 unspecified atom stereocenters. The minimum atomic E-state index is -1.28. The number of carboxylic acids is 1. The highest BCUT2D eigenvalue weighted by molar-refractivity contribution is 7.99. The number of hydrogen-bond acceptors (Lipinski definition) is 7. The number of aromatic carboxylic acids is 1. The first kappa shape index (κ1) is 21.4. The minimum Gasteiger partial charge on any atom is -0.534 e. The lowest BCUT2D eigenvalue weighted by Gasteiger charge is -2.30. The molecule has 2 heterocycles. The summed E-state index contributed by atoms with van der Waals surface area (Å²) in [6, 6.07) is 3.65. The monoisotopic (exact) mass is 424 g/mol. The van der Waals surface area contributed by atoms with Crippen molar-refractivity contribution < 1.29 is 24.4 Å². The van der Waals surface area contributed by atoms with Crippen LogP contribution >= 0.6 is 23.5 Å². The topological polar surface area (TPSA) is 108 Å². The summed E-state index contributed by atoms with van der Waals surface area (Å²) < 4.78 is 5.58. The Kier molecular flexibility index (Phi) is 7.56. The van der Waals surface area contributed by atoms with Crippen LogP contribution in [0.4, 0.5) is 0 Å². The minimum absolute atomic E-state index is 0.101. The van der Waals surface area contributed by atoms with E-state index in [-0.39, 0.29) is 17.2 Å². The number of carbonyl (C=O) groups excluding carboxylic acids is 1. The zero-order chi connectivity index (χ0) is 20.1. The molecule has 152 valence electrons. The predicted octanol–water partition coefficient (Wildman–Crippen LogP) is 1.28. The van der Waals surface area contributed by atoms with Gasteiger partial charge in [-0.15, -0.1) is 11.8 Å². The predicted molar refractivity (Wildman–Crippen MR) is 112 cm³/mol. The molecule has 0 bridgehead atoms. The van der Waals surface area contributed by atoms with Crippen LogP contribution in [-0.2, 0) is 11.2 Å².